The minimum absolute atomic E-state index is 0.0473. The van der Waals surface area contributed by atoms with E-state index in [0.29, 0.717) is 22.7 Å². The molecular weight excluding hydrogens is 614 g/mol. The number of nitrogens with one attached hydrogen (secondary N) is 1. The van der Waals surface area contributed by atoms with Gasteiger partial charge in [0.25, 0.3) is 5.91 Å². The number of rotatable bonds is 7. The van der Waals surface area contributed by atoms with Gasteiger partial charge in [0, 0.05) is 23.5 Å². The van der Waals surface area contributed by atoms with Crippen molar-refractivity contribution in [2.24, 2.45) is 0 Å². The fraction of sp³-hybridized carbons (Fsp3) is 0.154. The molecule has 0 spiro atoms. The van der Waals surface area contributed by atoms with Crippen molar-refractivity contribution in [1.29, 1.82) is 0 Å². The van der Waals surface area contributed by atoms with E-state index in [-0.39, 0.29) is 44.9 Å². The molecule has 0 saturated carbocycles. The lowest BCUT2D eigenvalue weighted by Gasteiger charge is -2.14. The Balaban J connectivity index is 1.45. The van der Waals surface area contributed by atoms with Crippen LogP contribution in [0.1, 0.15) is 32.8 Å². The minimum Gasteiger partial charge on any atom is -0.478 e. The summed E-state index contributed by atoms with van der Waals surface area (Å²) in [4.78, 5) is 37.9. The number of carbonyl (C=O) groups is 3. The molecule has 0 atom stereocenters. The highest BCUT2D eigenvalue weighted by atomic mass is 32.2. The second kappa shape index (κ2) is 11.7. The van der Waals surface area contributed by atoms with Crippen molar-refractivity contribution >= 4 is 69.2 Å². The van der Waals surface area contributed by atoms with E-state index >= 15 is 0 Å². The number of alkyl halides is 6. The van der Waals surface area contributed by atoms with E-state index in [1.54, 1.807) is 0 Å². The van der Waals surface area contributed by atoms with E-state index in [0.717, 1.165) is 23.1 Å². The van der Waals surface area contributed by atoms with Crippen molar-refractivity contribution in [2.75, 3.05) is 11.9 Å². The summed E-state index contributed by atoms with van der Waals surface area (Å²) in [6.45, 7) is -0.0544. The number of nitrogens with zero attached hydrogens (tertiary/aromatic N) is 1. The van der Waals surface area contributed by atoms with Crippen LogP contribution >= 0.6 is 35.3 Å². The number of benzene rings is 2. The quantitative estimate of drug-likeness (QED) is 0.161. The lowest BCUT2D eigenvalue weighted by atomic mass is 10.0. The second-order valence-electron chi connectivity index (χ2n) is 8.55. The average Bonchev–Trinajstić information content (AvgIpc) is 3.46. The molecule has 0 unspecified atom stereocenters. The van der Waals surface area contributed by atoms with Crippen LogP contribution in [0.2, 0.25) is 0 Å². The summed E-state index contributed by atoms with van der Waals surface area (Å²) in [6.07, 6.45) is -8.66. The lowest BCUT2D eigenvalue weighted by molar-refractivity contribution is -0.143. The Labute approximate surface area is 241 Å². The molecular formula is C26H16F6N2O4S3. The predicted molar refractivity (Wildman–Crippen MR) is 146 cm³/mol. The Morgan fingerprint density at radius 2 is 1.56 bits per heavy atom. The number of amides is 2. The SMILES string of the molecule is O=C(CCN1C(=O)/C(=C/c2cc(-c3cc(C(F)(F)F)cc(C(F)(F)F)c3)cs2)SC1=S)Nc1ccc(C(=O)O)cc1. The van der Waals surface area contributed by atoms with Gasteiger partial charge in [-0.2, -0.15) is 26.3 Å². The van der Waals surface area contributed by atoms with E-state index < -0.39 is 41.3 Å². The van der Waals surface area contributed by atoms with Crippen molar-refractivity contribution < 1.29 is 45.8 Å². The summed E-state index contributed by atoms with van der Waals surface area (Å²) in [6, 6.07) is 8.17. The van der Waals surface area contributed by atoms with Gasteiger partial charge in [0.05, 0.1) is 21.6 Å². The normalized spacial score (nSPS) is 15.1. The van der Waals surface area contributed by atoms with E-state index in [9.17, 15) is 40.7 Å². The van der Waals surface area contributed by atoms with Gasteiger partial charge in [-0.15, -0.1) is 11.3 Å². The molecule has 4 rings (SSSR count). The van der Waals surface area contributed by atoms with Gasteiger partial charge in [-0.3, -0.25) is 14.5 Å². The molecule has 0 radical (unpaired) electrons. The number of carboxylic acid groups (broad SMARTS) is 1. The smallest absolute Gasteiger partial charge is 0.416 e. The number of aromatic carboxylic acids is 1. The predicted octanol–water partition coefficient (Wildman–Crippen LogP) is 7.38. The molecule has 2 aromatic carbocycles. The van der Waals surface area contributed by atoms with E-state index in [1.807, 2.05) is 0 Å². The summed E-state index contributed by atoms with van der Waals surface area (Å²) in [5.41, 5.74) is -2.62. The molecule has 2 amide bonds. The largest absolute Gasteiger partial charge is 0.478 e. The molecule has 1 aromatic heterocycles. The van der Waals surface area contributed by atoms with Crippen LogP contribution in [0.3, 0.4) is 0 Å². The highest BCUT2D eigenvalue weighted by Crippen LogP contribution is 2.40. The van der Waals surface area contributed by atoms with Crippen LogP contribution in [-0.4, -0.2) is 38.7 Å². The maximum atomic E-state index is 13.2. The molecule has 6 nitrogen and oxygen atoms in total. The van der Waals surface area contributed by atoms with Crippen molar-refractivity contribution in [3.8, 4) is 11.1 Å². The van der Waals surface area contributed by atoms with Crippen molar-refractivity contribution in [3.63, 3.8) is 0 Å². The van der Waals surface area contributed by atoms with Crippen LogP contribution in [0.15, 0.2) is 58.8 Å². The molecule has 1 aliphatic rings. The summed E-state index contributed by atoms with van der Waals surface area (Å²) in [5.74, 6) is -2.07. The van der Waals surface area contributed by atoms with Gasteiger partial charge in [-0.05, 0) is 71.1 Å². The Bertz CT molecular complexity index is 1530. The van der Waals surface area contributed by atoms with Crippen LogP contribution in [0.5, 0.6) is 0 Å². The first-order valence-corrected chi connectivity index (χ1v) is 13.5. The minimum atomic E-state index is -4.98. The van der Waals surface area contributed by atoms with Gasteiger partial charge in [-0.1, -0.05) is 24.0 Å². The average molecular weight is 631 g/mol. The number of thiophene rings is 1. The third kappa shape index (κ3) is 7.34. The number of halogens is 6. The molecule has 15 heteroatoms. The fourth-order valence-corrected chi connectivity index (χ4v) is 5.88. The monoisotopic (exact) mass is 630 g/mol. The third-order valence-electron chi connectivity index (χ3n) is 5.67. The van der Waals surface area contributed by atoms with Crippen LogP contribution in [-0.2, 0) is 21.9 Å². The molecule has 0 aliphatic carbocycles. The molecule has 214 valence electrons. The topological polar surface area (TPSA) is 86.7 Å². The fourth-order valence-electron chi connectivity index (χ4n) is 3.66. The van der Waals surface area contributed by atoms with Gasteiger partial charge in [-0.25, -0.2) is 4.79 Å². The van der Waals surface area contributed by atoms with E-state index in [2.05, 4.69) is 5.32 Å². The Morgan fingerprint density at radius 3 is 2.12 bits per heavy atom. The molecule has 2 N–H and O–H groups in total. The van der Waals surface area contributed by atoms with Crippen LogP contribution in [0.4, 0.5) is 32.0 Å². The first kappa shape index (κ1) is 30.3. The highest BCUT2D eigenvalue weighted by molar-refractivity contribution is 8.26. The number of carbonyl (C=O) groups excluding carboxylic acids is 2. The van der Waals surface area contributed by atoms with E-state index in [4.69, 9.17) is 17.3 Å². The summed E-state index contributed by atoms with van der Waals surface area (Å²) >= 11 is 7.20. The first-order chi connectivity index (χ1) is 19.1. The van der Waals surface area contributed by atoms with Gasteiger partial charge in [0.15, 0.2) is 0 Å². The summed E-state index contributed by atoms with van der Waals surface area (Å²) < 4.78 is 79.6. The zero-order valence-corrected chi connectivity index (χ0v) is 22.7. The third-order valence-corrected chi connectivity index (χ3v) is 7.92. The number of anilines is 1. The van der Waals surface area contributed by atoms with Gasteiger partial charge in [0.2, 0.25) is 5.91 Å². The molecule has 1 fully saturated rings. The van der Waals surface area contributed by atoms with Crippen molar-refractivity contribution in [2.45, 2.75) is 18.8 Å². The first-order valence-electron chi connectivity index (χ1n) is 11.4. The maximum Gasteiger partial charge on any atom is 0.416 e. The van der Waals surface area contributed by atoms with Gasteiger partial charge >= 0.3 is 18.3 Å². The van der Waals surface area contributed by atoms with Crippen LogP contribution in [0, 0.1) is 0 Å². The Hall–Kier alpha value is -3.69. The number of hydrogen-bond donors (Lipinski definition) is 2. The van der Waals surface area contributed by atoms with Crippen molar-refractivity contribution in [3.05, 3.63) is 80.4 Å². The van der Waals surface area contributed by atoms with Gasteiger partial charge in [0.1, 0.15) is 4.32 Å². The second-order valence-corrected chi connectivity index (χ2v) is 11.2. The molecule has 2 heterocycles. The molecule has 0 bridgehead atoms. The molecule has 1 aliphatic heterocycles. The summed E-state index contributed by atoms with van der Waals surface area (Å²) in [7, 11) is 0. The van der Waals surface area contributed by atoms with Crippen LogP contribution in [0.25, 0.3) is 17.2 Å². The number of thiocarbonyl (C=S) groups is 1. The standard InChI is InChI=1S/C26H16F6N2O4S3/c27-25(28,29)16-7-14(8-17(10-16)26(30,31)32)15-9-19(40-12-15)11-20-22(36)34(24(39)41-20)6-5-21(35)33-18-3-1-13(2-4-18)23(37)38/h1-4,7-12H,5-6H2,(H,33,35)(H,37,38)/b20-11-. The zero-order valence-electron chi connectivity index (χ0n) is 20.3. The summed E-state index contributed by atoms with van der Waals surface area (Å²) in [5, 5.41) is 12.9. The highest BCUT2D eigenvalue weighted by Gasteiger charge is 2.37. The maximum absolute atomic E-state index is 13.2. The molecule has 1 saturated heterocycles. The zero-order chi connectivity index (χ0) is 30.1. The number of carboxylic acids is 1. The van der Waals surface area contributed by atoms with E-state index in [1.165, 1.54) is 46.7 Å². The number of hydrogen-bond acceptors (Lipinski definition) is 6. The van der Waals surface area contributed by atoms with Crippen LogP contribution < -0.4 is 5.32 Å². The Morgan fingerprint density at radius 1 is 0.951 bits per heavy atom. The lowest BCUT2D eigenvalue weighted by Crippen LogP contribution is -2.31. The number of thioether (sulfide) groups is 1. The molecule has 3 aromatic rings. The molecule has 41 heavy (non-hydrogen) atoms. The van der Waals surface area contributed by atoms with Crippen molar-refractivity contribution in [1.82, 2.24) is 4.90 Å². The Kier molecular flexibility index (Phi) is 8.61. The van der Waals surface area contributed by atoms with Gasteiger partial charge < -0.3 is 10.4 Å².